The Labute approximate surface area is 146 Å². The van der Waals surface area contributed by atoms with E-state index in [1.54, 1.807) is 17.0 Å². The first-order valence-corrected chi connectivity index (χ1v) is 8.46. The number of aryl methyl sites for hydroxylation is 1. The van der Waals surface area contributed by atoms with Crippen molar-refractivity contribution in [2.45, 2.75) is 19.8 Å². The third-order valence-electron chi connectivity index (χ3n) is 4.54. The number of nitrogens with zero attached hydrogens (tertiary/aromatic N) is 1. The molecule has 0 bridgehead atoms. The second-order valence-electron chi connectivity index (χ2n) is 6.41. The Morgan fingerprint density at radius 1 is 1.08 bits per heavy atom. The summed E-state index contributed by atoms with van der Waals surface area (Å²) in [6.07, 6.45) is 1.16. The zero-order valence-corrected chi connectivity index (χ0v) is 14.2. The second kappa shape index (κ2) is 7.47. The van der Waals surface area contributed by atoms with Crippen LogP contribution in [0.15, 0.2) is 48.5 Å². The molecule has 2 aromatic carbocycles. The lowest BCUT2D eigenvalue weighted by atomic mass is 9.95. The summed E-state index contributed by atoms with van der Waals surface area (Å²) in [5, 5.41) is 2.93. The molecule has 1 aliphatic rings. The first-order chi connectivity index (χ1) is 12.0. The molecule has 0 saturated carbocycles. The largest absolute Gasteiger partial charge is 0.339 e. The zero-order valence-electron chi connectivity index (χ0n) is 14.2. The first-order valence-electron chi connectivity index (χ1n) is 8.46. The lowest BCUT2D eigenvalue weighted by molar-refractivity contribution is -0.121. The van der Waals surface area contributed by atoms with E-state index >= 15 is 0 Å². The fourth-order valence-corrected chi connectivity index (χ4v) is 3.12. The Morgan fingerprint density at radius 3 is 2.48 bits per heavy atom. The maximum absolute atomic E-state index is 13.8. The van der Waals surface area contributed by atoms with Gasteiger partial charge >= 0.3 is 0 Å². The minimum Gasteiger partial charge on any atom is -0.339 e. The minimum atomic E-state index is -0.508. The van der Waals surface area contributed by atoms with Gasteiger partial charge in [-0.2, -0.15) is 0 Å². The van der Waals surface area contributed by atoms with E-state index in [9.17, 15) is 14.0 Å². The van der Waals surface area contributed by atoms with Crippen LogP contribution in [0.5, 0.6) is 0 Å². The van der Waals surface area contributed by atoms with E-state index in [0.29, 0.717) is 25.9 Å². The summed E-state index contributed by atoms with van der Waals surface area (Å²) in [4.78, 5) is 26.4. The average molecular weight is 340 g/mol. The van der Waals surface area contributed by atoms with Crippen molar-refractivity contribution in [3.05, 3.63) is 65.5 Å². The summed E-state index contributed by atoms with van der Waals surface area (Å²) in [7, 11) is 0. The van der Waals surface area contributed by atoms with Gasteiger partial charge in [-0.3, -0.25) is 9.59 Å². The lowest BCUT2D eigenvalue weighted by Crippen LogP contribution is -2.41. The summed E-state index contributed by atoms with van der Waals surface area (Å²) in [6.45, 7) is 2.89. The van der Waals surface area contributed by atoms with Gasteiger partial charge in [0, 0.05) is 24.7 Å². The number of piperidine rings is 1. The quantitative estimate of drug-likeness (QED) is 0.928. The van der Waals surface area contributed by atoms with E-state index in [1.807, 2.05) is 31.2 Å². The molecule has 0 radical (unpaired) electrons. The molecule has 1 saturated heterocycles. The number of hydrogen-bond donors (Lipinski definition) is 1. The van der Waals surface area contributed by atoms with E-state index in [0.717, 1.165) is 11.3 Å². The van der Waals surface area contributed by atoms with Crippen molar-refractivity contribution in [1.82, 2.24) is 4.90 Å². The number of carbonyl (C=O) groups excluding carboxylic acids is 2. The number of anilines is 1. The van der Waals surface area contributed by atoms with Crippen LogP contribution in [-0.4, -0.2) is 29.8 Å². The van der Waals surface area contributed by atoms with Crippen LogP contribution in [0.1, 0.15) is 28.8 Å². The maximum Gasteiger partial charge on any atom is 0.256 e. The van der Waals surface area contributed by atoms with Crippen molar-refractivity contribution in [1.29, 1.82) is 0 Å². The Kier molecular flexibility index (Phi) is 5.12. The number of benzene rings is 2. The van der Waals surface area contributed by atoms with Crippen LogP contribution in [0.2, 0.25) is 0 Å². The summed E-state index contributed by atoms with van der Waals surface area (Å²) in [5.41, 5.74) is 1.96. The fraction of sp³-hybridized carbons (Fsp3) is 0.300. The smallest absolute Gasteiger partial charge is 0.256 e. The summed E-state index contributed by atoms with van der Waals surface area (Å²) in [6, 6.07) is 13.7. The van der Waals surface area contributed by atoms with E-state index in [1.165, 1.54) is 12.1 Å². The van der Waals surface area contributed by atoms with Crippen LogP contribution in [0.4, 0.5) is 10.1 Å². The molecule has 25 heavy (non-hydrogen) atoms. The number of amides is 2. The molecule has 0 aliphatic carbocycles. The second-order valence-corrected chi connectivity index (χ2v) is 6.41. The van der Waals surface area contributed by atoms with Gasteiger partial charge in [-0.1, -0.05) is 24.3 Å². The normalized spacial score (nSPS) is 15.0. The van der Waals surface area contributed by atoms with Crippen LogP contribution >= 0.6 is 0 Å². The van der Waals surface area contributed by atoms with Gasteiger partial charge in [0.1, 0.15) is 5.82 Å². The highest BCUT2D eigenvalue weighted by Crippen LogP contribution is 2.22. The molecule has 2 aromatic rings. The molecule has 1 heterocycles. The Bertz CT molecular complexity index is 783. The third-order valence-corrected chi connectivity index (χ3v) is 4.54. The molecule has 3 rings (SSSR count). The Balaban J connectivity index is 1.57. The van der Waals surface area contributed by atoms with Crippen molar-refractivity contribution in [2.75, 3.05) is 18.4 Å². The molecule has 0 aromatic heterocycles. The molecular formula is C20H21FN2O2. The van der Waals surface area contributed by atoms with Crippen LogP contribution in [-0.2, 0) is 4.79 Å². The molecule has 130 valence electrons. The molecule has 0 spiro atoms. The number of rotatable bonds is 3. The van der Waals surface area contributed by atoms with Gasteiger partial charge in [-0.25, -0.2) is 4.39 Å². The fourth-order valence-electron chi connectivity index (χ4n) is 3.12. The number of hydrogen-bond acceptors (Lipinski definition) is 2. The average Bonchev–Trinajstić information content (AvgIpc) is 2.62. The third kappa shape index (κ3) is 4.05. The van der Waals surface area contributed by atoms with Crippen LogP contribution in [0, 0.1) is 18.7 Å². The summed E-state index contributed by atoms with van der Waals surface area (Å²) in [5.74, 6) is -0.976. The molecule has 5 heteroatoms. The van der Waals surface area contributed by atoms with Crippen molar-refractivity contribution in [3.63, 3.8) is 0 Å². The van der Waals surface area contributed by atoms with E-state index in [2.05, 4.69) is 5.32 Å². The maximum atomic E-state index is 13.8. The van der Waals surface area contributed by atoms with E-state index < -0.39 is 5.82 Å². The molecule has 0 atom stereocenters. The van der Waals surface area contributed by atoms with Gasteiger partial charge in [-0.15, -0.1) is 0 Å². The van der Waals surface area contributed by atoms with Crippen molar-refractivity contribution < 1.29 is 14.0 Å². The topological polar surface area (TPSA) is 49.4 Å². The predicted molar refractivity (Wildman–Crippen MR) is 94.8 cm³/mol. The number of nitrogens with one attached hydrogen (secondary N) is 1. The van der Waals surface area contributed by atoms with Crippen molar-refractivity contribution in [3.8, 4) is 0 Å². The van der Waals surface area contributed by atoms with Crippen LogP contribution < -0.4 is 5.32 Å². The van der Waals surface area contributed by atoms with Crippen molar-refractivity contribution in [2.24, 2.45) is 5.92 Å². The highest BCUT2D eigenvalue weighted by molar-refractivity contribution is 5.95. The predicted octanol–water partition coefficient (Wildman–Crippen LogP) is 3.63. The molecule has 0 unspecified atom stereocenters. The number of likely N-dealkylation sites (tertiary alicyclic amines) is 1. The summed E-state index contributed by atoms with van der Waals surface area (Å²) >= 11 is 0. The molecule has 1 aliphatic heterocycles. The van der Waals surface area contributed by atoms with Gasteiger partial charge in [-0.05, 0) is 49.6 Å². The molecule has 1 N–H and O–H groups in total. The van der Waals surface area contributed by atoms with Gasteiger partial charge < -0.3 is 10.2 Å². The SMILES string of the molecule is Cc1cccc(NC(=O)C2CCN(C(=O)c3ccccc3F)CC2)c1. The monoisotopic (exact) mass is 340 g/mol. The number of halogens is 1. The summed E-state index contributed by atoms with van der Waals surface area (Å²) < 4.78 is 13.8. The molecular weight excluding hydrogens is 319 g/mol. The zero-order chi connectivity index (χ0) is 17.8. The van der Waals surface area contributed by atoms with Gasteiger partial charge in [0.2, 0.25) is 5.91 Å². The number of carbonyl (C=O) groups is 2. The van der Waals surface area contributed by atoms with Crippen LogP contribution in [0.25, 0.3) is 0 Å². The van der Waals surface area contributed by atoms with Gasteiger partial charge in [0.05, 0.1) is 5.56 Å². The van der Waals surface area contributed by atoms with E-state index in [-0.39, 0.29) is 23.3 Å². The highest BCUT2D eigenvalue weighted by Gasteiger charge is 2.28. The molecule has 1 fully saturated rings. The van der Waals surface area contributed by atoms with E-state index in [4.69, 9.17) is 0 Å². The van der Waals surface area contributed by atoms with Gasteiger partial charge in [0.15, 0.2) is 0 Å². The highest BCUT2D eigenvalue weighted by atomic mass is 19.1. The molecule has 4 nitrogen and oxygen atoms in total. The lowest BCUT2D eigenvalue weighted by Gasteiger charge is -2.31. The molecule has 2 amide bonds. The van der Waals surface area contributed by atoms with Gasteiger partial charge in [0.25, 0.3) is 5.91 Å². The van der Waals surface area contributed by atoms with Crippen LogP contribution in [0.3, 0.4) is 0 Å². The Hall–Kier alpha value is -2.69. The standard InChI is InChI=1S/C20H21FN2O2/c1-14-5-4-6-16(13-14)22-19(24)15-9-11-23(12-10-15)20(25)17-7-2-3-8-18(17)21/h2-8,13,15H,9-12H2,1H3,(H,22,24). The minimum absolute atomic E-state index is 0.0245. The van der Waals surface area contributed by atoms with Crippen molar-refractivity contribution >= 4 is 17.5 Å². The first kappa shape index (κ1) is 17.1. The Morgan fingerprint density at radius 2 is 1.80 bits per heavy atom.